The molecule has 0 aliphatic carbocycles. The number of nitrogens with zero attached hydrogens (tertiary/aromatic N) is 1. The van der Waals surface area contributed by atoms with Crippen molar-refractivity contribution in [3.63, 3.8) is 0 Å². The smallest absolute Gasteiger partial charge is 0.325 e. The van der Waals surface area contributed by atoms with Crippen molar-refractivity contribution in [2.75, 3.05) is 6.54 Å². The predicted molar refractivity (Wildman–Crippen MR) is 71.0 cm³/mol. The molecular weight excluding hydrogens is 268 g/mol. The number of urea groups is 1. The number of carbonyl (C=O) groups excluding carboxylic acids is 2. The number of imide groups is 1. The summed E-state index contributed by atoms with van der Waals surface area (Å²) in [6, 6.07) is 5.55. The van der Waals surface area contributed by atoms with Gasteiger partial charge in [0.25, 0.3) is 5.91 Å². The number of carbonyl (C=O) groups is 2. The van der Waals surface area contributed by atoms with Crippen LogP contribution in [-0.2, 0) is 4.79 Å². The van der Waals surface area contributed by atoms with E-state index in [1.165, 1.54) is 0 Å². The minimum Gasteiger partial charge on any atom is -0.388 e. The van der Waals surface area contributed by atoms with Crippen LogP contribution in [0.15, 0.2) is 24.3 Å². The van der Waals surface area contributed by atoms with Crippen molar-refractivity contribution in [1.82, 2.24) is 10.2 Å². The number of benzene rings is 1. The van der Waals surface area contributed by atoms with Crippen molar-refractivity contribution >= 4 is 29.4 Å². The Hall–Kier alpha value is -2.08. The summed E-state index contributed by atoms with van der Waals surface area (Å²) in [5.74, 6) is -0.399. The van der Waals surface area contributed by atoms with E-state index in [0.717, 1.165) is 4.90 Å². The average Bonchev–Trinajstić information content (AvgIpc) is 2.63. The highest BCUT2D eigenvalue weighted by Gasteiger charge is 2.38. The zero-order chi connectivity index (χ0) is 14.0. The van der Waals surface area contributed by atoms with Gasteiger partial charge in [-0.25, -0.2) is 4.79 Å². The summed E-state index contributed by atoms with van der Waals surface area (Å²) >= 11 is 5.78. The quantitative estimate of drug-likeness (QED) is 0.440. The van der Waals surface area contributed by atoms with Crippen molar-refractivity contribution in [2.24, 2.45) is 5.73 Å². The average molecular weight is 281 g/mol. The fourth-order valence-corrected chi connectivity index (χ4v) is 1.97. The summed E-state index contributed by atoms with van der Waals surface area (Å²) in [6.45, 7) is 0.115. The third-order valence-corrected chi connectivity index (χ3v) is 3.09. The van der Waals surface area contributed by atoms with Crippen molar-refractivity contribution in [3.05, 3.63) is 34.9 Å². The second-order valence-corrected chi connectivity index (χ2v) is 4.64. The number of nitrogens with one attached hydrogen (secondary N) is 2. The lowest BCUT2D eigenvalue weighted by Gasteiger charge is -2.12. The van der Waals surface area contributed by atoms with E-state index in [0.29, 0.717) is 10.6 Å². The highest BCUT2D eigenvalue weighted by atomic mass is 35.5. The number of rotatable bonds is 4. The van der Waals surface area contributed by atoms with Crippen LogP contribution in [-0.4, -0.2) is 29.2 Å². The molecule has 7 heteroatoms. The Bertz CT molecular complexity index is 529. The standard InChI is InChI=1S/C12H13ClN4O2/c13-8-3-1-7(2-4-8)10-11(18)17(12(19)16-10)6-5-9(14)15/h1-4,10H,5-6H2,(H3,14,15)(H,16,19). The Balaban J connectivity index is 2.13. The number of hydrogen-bond donors (Lipinski definition) is 3. The Morgan fingerprint density at radius 1 is 1.37 bits per heavy atom. The first-order valence-corrected chi connectivity index (χ1v) is 6.07. The van der Waals surface area contributed by atoms with Gasteiger partial charge in [0.1, 0.15) is 6.04 Å². The Labute approximate surface area is 115 Å². The van der Waals surface area contributed by atoms with E-state index in [1.54, 1.807) is 24.3 Å². The van der Waals surface area contributed by atoms with Crippen LogP contribution in [0.2, 0.25) is 5.02 Å². The molecule has 1 heterocycles. The molecule has 2 rings (SSSR count). The van der Waals surface area contributed by atoms with Crippen molar-refractivity contribution in [3.8, 4) is 0 Å². The van der Waals surface area contributed by atoms with Crippen LogP contribution in [0.5, 0.6) is 0 Å². The van der Waals surface area contributed by atoms with E-state index in [1.807, 2.05) is 0 Å². The molecule has 100 valence electrons. The third-order valence-electron chi connectivity index (χ3n) is 2.83. The maximum absolute atomic E-state index is 12.1. The number of halogens is 1. The number of hydrogen-bond acceptors (Lipinski definition) is 3. The molecule has 1 aliphatic heterocycles. The largest absolute Gasteiger partial charge is 0.388 e. The summed E-state index contributed by atoms with van der Waals surface area (Å²) in [5, 5.41) is 10.3. The van der Waals surface area contributed by atoms with Gasteiger partial charge < -0.3 is 11.1 Å². The maximum Gasteiger partial charge on any atom is 0.325 e. The molecule has 0 radical (unpaired) electrons. The highest BCUT2D eigenvalue weighted by Crippen LogP contribution is 2.23. The van der Waals surface area contributed by atoms with Gasteiger partial charge in [0.15, 0.2) is 0 Å². The second-order valence-electron chi connectivity index (χ2n) is 4.20. The fraction of sp³-hybridized carbons (Fsp3) is 0.250. The molecule has 1 aliphatic rings. The van der Waals surface area contributed by atoms with Gasteiger partial charge in [0.2, 0.25) is 0 Å². The van der Waals surface area contributed by atoms with Crippen LogP contribution in [0, 0.1) is 5.41 Å². The molecule has 19 heavy (non-hydrogen) atoms. The zero-order valence-electron chi connectivity index (χ0n) is 10.0. The van der Waals surface area contributed by atoms with Crippen LogP contribution in [0.3, 0.4) is 0 Å². The van der Waals surface area contributed by atoms with Gasteiger partial charge in [-0.05, 0) is 17.7 Å². The van der Waals surface area contributed by atoms with E-state index < -0.39 is 12.1 Å². The van der Waals surface area contributed by atoms with E-state index in [4.69, 9.17) is 22.7 Å². The van der Waals surface area contributed by atoms with E-state index in [9.17, 15) is 9.59 Å². The Morgan fingerprint density at radius 2 is 2.00 bits per heavy atom. The Morgan fingerprint density at radius 3 is 2.58 bits per heavy atom. The minimum absolute atomic E-state index is 0.0597. The van der Waals surface area contributed by atoms with Gasteiger partial charge in [-0.3, -0.25) is 15.1 Å². The van der Waals surface area contributed by atoms with E-state index >= 15 is 0 Å². The van der Waals surface area contributed by atoms with Gasteiger partial charge in [0, 0.05) is 18.0 Å². The summed E-state index contributed by atoms with van der Waals surface area (Å²) in [5.41, 5.74) is 5.90. The van der Waals surface area contributed by atoms with Crippen molar-refractivity contribution in [2.45, 2.75) is 12.5 Å². The first kappa shape index (κ1) is 13.4. The molecule has 1 fully saturated rings. The fourth-order valence-electron chi connectivity index (χ4n) is 1.84. The maximum atomic E-state index is 12.1. The Kier molecular flexibility index (Phi) is 3.71. The van der Waals surface area contributed by atoms with Gasteiger partial charge in [0.05, 0.1) is 5.84 Å². The normalized spacial score (nSPS) is 18.6. The van der Waals surface area contributed by atoms with Crippen LogP contribution in [0.25, 0.3) is 0 Å². The molecule has 1 atom stereocenters. The highest BCUT2D eigenvalue weighted by molar-refractivity contribution is 6.30. The van der Waals surface area contributed by atoms with Gasteiger partial charge in [-0.2, -0.15) is 0 Å². The lowest BCUT2D eigenvalue weighted by atomic mass is 10.1. The second kappa shape index (κ2) is 5.27. The number of amides is 3. The van der Waals surface area contributed by atoms with Gasteiger partial charge in [-0.1, -0.05) is 23.7 Å². The first-order valence-electron chi connectivity index (χ1n) is 5.69. The van der Waals surface area contributed by atoms with Gasteiger partial charge >= 0.3 is 6.03 Å². The molecule has 1 aromatic rings. The monoisotopic (exact) mass is 280 g/mol. The summed E-state index contributed by atoms with van der Waals surface area (Å²) in [6.07, 6.45) is 0.173. The molecule has 6 nitrogen and oxygen atoms in total. The third kappa shape index (κ3) is 2.85. The lowest BCUT2D eigenvalue weighted by molar-refractivity contribution is -0.127. The van der Waals surface area contributed by atoms with Crippen molar-refractivity contribution in [1.29, 1.82) is 5.41 Å². The minimum atomic E-state index is -0.697. The lowest BCUT2D eigenvalue weighted by Crippen LogP contribution is -2.33. The summed E-state index contributed by atoms with van der Waals surface area (Å²) in [7, 11) is 0. The van der Waals surface area contributed by atoms with Gasteiger partial charge in [-0.15, -0.1) is 0 Å². The topological polar surface area (TPSA) is 99.3 Å². The van der Waals surface area contributed by atoms with Crippen molar-refractivity contribution < 1.29 is 9.59 Å². The van der Waals surface area contributed by atoms with E-state index in [2.05, 4.69) is 5.32 Å². The molecule has 0 spiro atoms. The molecule has 3 amide bonds. The molecule has 0 aromatic heterocycles. The number of amidine groups is 1. The summed E-state index contributed by atoms with van der Waals surface area (Å²) < 4.78 is 0. The number of nitrogens with two attached hydrogens (primary N) is 1. The molecule has 4 N–H and O–H groups in total. The predicted octanol–water partition coefficient (Wildman–Crippen LogP) is 1.26. The first-order chi connectivity index (χ1) is 8.99. The molecular formula is C12H13ClN4O2. The van der Waals surface area contributed by atoms with Crippen LogP contribution in [0.1, 0.15) is 18.0 Å². The molecule has 0 saturated carbocycles. The van der Waals surface area contributed by atoms with E-state index in [-0.39, 0.29) is 24.7 Å². The molecule has 1 unspecified atom stereocenters. The van der Waals surface area contributed by atoms with Crippen LogP contribution >= 0.6 is 11.6 Å². The summed E-state index contributed by atoms with van der Waals surface area (Å²) in [4.78, 5) is 24.9. The molecule has 1 aromatic carbocycles. The molecule has 0 bridgehead atoms. The van der Waals surface area contributed by atoms with Crippen LogP contribution in [0.4, 0.5) is 4.79 Å². The SMILES string of the molecule is N=C(N)CCN1C(=O)NC(c2ccc(Cl)cc2)C1=O. The molecule has 1 saturated heterocycles. The zero-order valence-corrected chi connectivity index (χ0v) is 10.8. The van der Waals surface area contributed by atoms with Crippen LogP contribution < -0.4 is 11.1 Å².